The Balaban J connectivity index is 3.13. The minimum absolute atomic E-state index is 0.0358. The average Bonchev–Trinajstić information content (AvgIpc) is 2.04. The molecule has 1 rings (SSSR count). The second-order valence-electron chi connectivity index (χ2n) is 2.56. The highest BCUT2D eigenvalue weighted by Gasteiger charge is 2.33. The predicted molar refractivity (Wildman–Crippen MR) is 42.8 cm³/mol. The van der Waals surface area contributed by atoms with Crippen LogP contribution in [0.3, 0.4) is 0 Å². The average molecular weight is 229 g/mol. The molecule has 1 aromatic carbocycles. The predicted octanol–water partition coefficient (Wildman–Crippen LogP) is 3.69. The molecule has 6 heteroatoms. The normalized spacial score (nSPS) is 11.6. The largest absolute Gasteiger partial charge is 0.573 e. The number of halogens is 5. The molecule has 0 unspecified atom stereocenters. The van der Waals surface area contributed by atoms with Crippen LogP contribution in [0.1, 0.15) is 5.56 Å². The van der Waals surface area contributed by atoms with Crippen molar-refractivity contribution in [3.63, 3.8) is 0 Å². The summed E-state index contributed by atoms with van der Waals surface area (Å²) >= 11 is 5.34. The molecule has 0 aliphatic carbocycles. The van der Waals surface area contributed by atoms with Crippen LogP contribution in [0.5, 0.6) is 5.75 Å². The summed E-state index contributed by atoms with van der Waals surface area (Å²) < 4.78 is 51.9. The molecular weight excluding hydrogens is 224 g/mol. The van der Waals surface area contributed by atoms with Gasteiger partial charge in [-0.3, -0.25) is 0 Å². The summed E-state index contributed by atoms with van der Waals surface area (Å²) in [5.41, 5.74) is 0.0358. The van der Waals surface area contributed by atoms with Crippen LogP contribution in [0.2, 0.25) is 5.02 Å². The van der Waals surface area contributed by atoms with Crippen molar-refractivity contribution in [2.45, 2.75) is 13.3 Å². The highest BCUT2D eigenvalue weighted by atomic mass is 35.5. The Hall–Kier alpha value is -0.970. The van der Waals surface area contributed by atoms with Gasteiger partial charge in [-0.2, -0.15) is 0 Å². The summed E-state index contributed by atoms with van der Waals surface area (Å²) in [5.74, 6) is -2.09. The van der Waals surface area contributed by atoms with Crippen LogP contribution in [0, 0.1) is 12.7 Å². The van der Waals surface area contributed by atoms with Gasteiger partial charge in [0.1, 0.15) is 0 Å². The third-order valence-corrected chi connectivity index (χ3v) is 1.76. The number of hydrogen-bond donors (Lipinski definition) is 0. The van der Waals surface area contributed by atoms with Crippen LogP contribution in [0.4, 0.5) is 17.6 Å². The molecule has 0 spiro atoms. The minimum atomic E-state index is -4.95. The number of benzene rings is 1. The molecule has 0 N–H and O–H groups in total. The molecule has 0 saturated heterocycles. The molecule has 0 fully saturated rings. The van der Waals surface area contributed by atoms with Crippen molar-refractivity contribution < 1.29 is 22.3 Å². The Morgan fingerprint density at radius 1 is 1.29 bits per heavy atom. The van der Waals surface area contributed by atoms with Crippen LogP contribution in [-0.4, -0.2) is 6.36 Å². The molecule has 14 heavy (non-hydrogen) atoms. The molecule has 0 aliphatic heterocycles. The molecule has 1 nitrogen and oxygen atoms in total. The molecular formula is C8H5ClF4O. The van der Waals surface area contributed by atoms with E-state index in [1.807, 2.05) is 0 Å². The van der Waals surface area contributed by atoms with Crippen molar-refractivity contribution in [3.05, 3.63) is 28.5 Å². The topological polar surface area (TPSA) is 9.23 Å². The molecule has 0 radical (unpaired) electrons. The van der Waals surface area contributed by atoms with Gasteiger partial charge in [-0.1, -0.05) is 17.7 Å². The summed E-state index contributed by atoms with van der Waals surface area (Å²) in [6, 6.07) is 2.40. The lowest BCUT2D eigenvalue weighted by atomic mass is 10.2. The fourth-order valence-corrected chi connectivity index (χ4v) is 1.02. The number of rotatable bonds is 1. The molecule has 0 saturated carbocycles. The van der Waals surface area contributed by atoms with E-state index in [2.05, 4.69) is 4.74 Å². The fourth-order valence-electron chi connectivity index (χ4n) is 0.840. The van der Waals surface area contributed by atoms with Gasteiger partial charge in [-0.15, -0.1) is 13.2 Å². The van der Waals surface area contributed by atoms with Gasteiger partial charge in [0, 0.05) is 0 Å². The third-order valence-electron chi connectivity index (χ3n) is 1.46. The molecule has 0 atom stereocenters. The zero-order valence-electron chi connectivity index (χ0n) is 6.95. The lowest BCUT2D eigenvalue weighted by Gasteiger charge is -2.11. The first-order chi connectivity index (χ1) is 6.31. The SMILES string of the molecule is Cc1ccc(Cl)c(OC(F)(F)F)c1F. The van der Waals surface area contributed by atoms with Gasteiger partial charge in [-0.05, 0) is 18.6 Å². The number of hydrogen-bond acceptors (Lipinski definition) is 1. The number of alkyl halides is 3. The monoisotopic (exact) mass is 228 g/mol. The Morgan fingerprint density at radius 3 is 2.36 bits per heavy atom. The zero-order chi connectivity index (χ0) is 10.9. The van der Waals surface area contributed by atoms with E-state index in [0.717, 1.165) is 6.07 Å². The van der Waals surface area contributed by atoms with Crippen molar-refractivity contribution in [2.75, 3.05) is 0 Å². The van der Waals surface area contributed by atoms with Crippen LogP contribution < -0.4 is 4.74 Å². The van der Waals surface area contributed by atoms with E-state index in [9.17, 15) is 17.6 Å². The van der Waals surface area contributed by atoms with E-state index in [4.69, 9.17) is 11.6 Å². The molecule has 1 aromatic rings. The summed E-state index contributed by atoms with van der Waals surface area (Å²) in [7, 11) is 0. The second kappa shape index (κ2) is 3.65. The maximum atomic E-state index is 13.1. The van der Waals surface area contributed by atoms with Gasteiger partial charge in [0.25, 0.3) is 0 Å². The summed E-state index contributed by atoms with van der Waals surface area (Å²) in [6.45, 7) is 1.31. The van der Waals surface area contributed by atoms with Gasteiger partial charge < -0.3 is 4.74 Å². The van der Waals surface area contributed by atoms with Gasteiger partial charge in [0.15, 0.2) is 11.6 Å². The maximum Gasteiger partial charge on any atom is 0.573 e. The van der Waals surface area contributed by atoms with Crippen molar-refractivity contribution >= 4 is 11.6 Å². The first-order valence-corrected chi connectivity index (χ1v) is 3.89. The van der Waals surface area contributed by atoms with E-state index >= 15 is 0 Å². The van der Waals surface area contributed by atoms with Crippen molar-refractivity contribution in [2.24, 2.45) is 0 Å². The highest BCUT2D eigenvalue weighted by Crippen LogP contribution is 2.33. The first-order valence-electron chi connectivity index (χ1n) is 3.51. The minimum Gasteiger partial charge on any atom is -0.401 e. The van der Waals surface area contributed by atoms with Gasteiger partial charge in [-0.25, -0.2) is 4.39 Å². The standard InChI is InChI=1S/C8H5ClF4O/c1-4-2-3-5(9)7(6(4)10)14-8(11,12)13/h2-3H,1H3. The summed E-state index contributed by atoms with van der Waals surface area (Å²) in [4.78, 5) is 0. The van der Waals surface area contributed by atoms with E-state index in [1.54, 1.807) is 0 Å². The quantitative estimate of drug-likeness (QED) is 0.666. The van der Waals surface area contributed by atoms with E-state index in [-0.39, 0.29) is 5.56 Å². The van der Waals surface area contributed by atoms with Crippen LogP contribution in [0.25, 0.3) is 0 Å². The molecule has 0 amide bonds. The van der Waals surface area contributed by atoms with Crippen LogP contribution in [0.15, 0.2) is 12.1 Å². The van der Waals surface area contributed by atoms with Crippen molar-refractivity contribution in [3.8, 4) is 5.75 Å². The Bertz CT molecular complexity index is 348. The van der Waals surface area contributed by atoms with Gasteiger partial charge in [0.2, 0.25) is 0 Å². The smallest absolute Gasteiger partial charge is 0.401 e. The first kappa shape index (κ1) is 11.1. The van der Waals surface area contributed by atoms with Crippen molar-refractivity contribution in [1.29, 1.82) is 0 Å². The third kappa shape index (κ3) is 2.51. The number of aryl methyl sites for hydroxylation is 1. The zero-order valence-corrected chi connectivity index (χ0v) is 7.71. The Kier molecular flexibility index (Phi) is 2.89. The Labute approximate surface area is 82.2 Å². The van der Waals surface area contributed by atoms with E-state index < -0.39 is 23.0 Å². The lowest BCUT2D eigenvalue weighted by Crippen LogP contribution is -2.18. The van der Waals surface area contributed by atoms with E-state index in [0.29, 0.717) is 0 Å². The van der Waals surface area contributed by atoms with Gasteiger partial charge in [0.05, 0.1) is 5.02 Å². The summed E-state index contributed by atoms with van der Waals surface area (Å²) in [6.07, 6.45) is -4.95. The van der Waals surface area contributed by atoms with Gasteiger partial charge >= 0.3 is 6.36 Å². The lowest BCUT2D eigenvalue weighted by molar-refractivity contribution is -0.275. The number of ether oxygens (including phenoxy) is 1. The summed E-state index contributed by atoms with van der Waals surface area (Å²) in [5, 5.41) is -0.412. The molecule has 0 aliphatic rings. The molecule has 0 bridgehead atoms. The van der Waals surface area contributed by atoms with Crippen LogP contribution >= 0.6 is 11.6 Å². The Morgan fingerprint density at radius 2 is 1.86 bits per heavy atom. The van der Waals surface area contributed by atoms with Crippen molar-refractivity contribution in [1.82, 2.24) is 0 Å². The molecule has 78 valence electrons. The highest BCUT2D eigenvalue weighted by molar-refractivity contribution is 6.32. The molecule has 0 heterocycles. The maximum absolute atomic E-state index is 13.1. The second-order valence-corrected chi connectivity index (χ2v) is 2.96. The fraction of sp³-hybridized carbons (Fsp3) is 0.250. The van der Waals surface area contributed by atoms with Crippen LogP contribution in [-0.2, 0) is 0 Å². The van der Waals surface area contributed by atoms with E-state index in [1.165, 1.54) is 13.0 Å². The molecule has 0 aromatic heterocycles.